The number of benzene rings is 2. The molecule has 2 aromatic carbocycles. The van der Waals surface area contributed by atoms with E-state index in [1.807, 2.05) is 0 Å². The van der Waals surface area contributed by atoms with Crippen molar-refractivity contribution in [1.82, 2.24) is 9.97 Å². The molecule has 1 aromatic heterocycles. The van der Waals surface area contributed by atoms with E-state index < -0.39 is 0 Å². The third kappa shape index (κ3) is 3.44. The number of rotatable bonds is 6. The van der Waals surface area contributed by atoms with Crippen LogP contribution < -0.4 is 15.8 Å². The maximum Gasteiger partial charge on any atom is 0.147 e. The summed E-state index contributed by atoms with van der Waals surface area (Å²) in [5.74, 6) is 1.16. The third-order valence-electron chi connectivity index (χ3n) is 4.04. The van der Waals surface area contributed by atoms with Gasteiger partial charge < -0.3 is 26.0 Å². The Hall–Kier alpha value is -2.77. The number of nitrogens with zero attached hydrogens (tertiary/aromatic N) is 2. The largest absolute Gasteiger partial charge is 0.506 e. The summed E-state index contributed by atoms with van der Waals surface area (Å²) in [4.78, 5) is 8.64. The van der Waals surface area contributed by atoms with Crippen LogP contribution >= 0.6 is 11.6 Å². The molecule has 26 heavy (non-hydrogen) atoms. The number of methoxy groups -OCH3 is 1. The zero-order valence-corrected chi connectivity index (χ0v) is 14.9. The number of anilines is 2. The van der Waals surface area contributed by atoms with Gasteiger partial charge in [-0.2, -0.15) is 0 Å². The van der Waals surface area contributed by atoms with E-state index in [0.717, 1.165) is 16.5 Å². The van der Waals surface area contributed by atoms with Crippen LogP contribution in [0.3, 0.4) is 0 Å². The third-order valence-corrected chi connectivity index (χ3v) is 4.35. The Morgan fingerprint density at radius 3 is 2.77 bits per heavy atom. The second-order valence-corrected chi connectivity index (χ2v) is 6.12. The summed E-state index contributed by atoms with van der Waals surface area (Å²) in [7, 11) is 1.54. The van der Waals surface area contributed by atoms with Gasteiger partial charge in [0.1, 0.15) is 23.6 Å². The van der Waals surface area contributed by atoms with Crippen LogP contribution in [0.4, 0.5) is 11.5 Å². The molecule has 5 N–H and O–H groups in total. The molecule has 3 aromatic rings. The molecule has 0 radical (unpaired) electrons. The van der Waals surface area contributed by atoms with Crippen molar-refractivity contribution in [3.8, 4) is 11.5 Å². The first kappa shape index (κ1) is 18.0. The molecular weight excluding hydrogens is 356 g/mol. The van der Waals surface area contributed by atoms with Crippen LogP contribution in [0.1, 0.15) is 11.1 Å². The van der Waals surface area contributed by atoms with Crippen molar-refractivity contribution in [2.45, 2.75) is 13.0 Å². The second kappa shape index (κ2) is 7.63. The highest BCUT2D eigenvalue weighted by Gasteiger charge is 2.16. The van der Waals surface area contributed by atoms with Gasteiger partial charge in [-0.3, -0.25) is 0 Å². The number of nitrogens with two attached hydrogens (primary N) is 1. The molecule has 0 bridgehead atoms. The monoisotopic (exact) mass is 374 g/mol. The van der Waals surface area contributed by atoms with Gasteiger partial charge in [-0.15, -0.1) is 0 Å². The van der Waals surface area contributed by atoms with E-state index in [9.17, 15) is 10.2 Å². The topological polar surface area (TPSA) is 114 Å². The van der Waals surface area contributed by atoms with E-state index in [4.69, 9.17) is 22.1 Å². The van der Waals surface area contributed by atoms with Gasteiger partial charge in [-0.25, -0.2) is 9.97 Å². The fraction of sp³-hybridized carbons (Fsp3) is 0.222. The second-order valence-electron chi connectivity index (χ2n) is 5.71. The molecule has 0 saturated heterocycles. The minimum absolute atomic E-state index is 0.0383. The normalized spacial score (nSPS) is 10.9. The summed E-state index contributed by atoms with van der Waals surface area (Å²) in [6.07, 6.45) is 1.82. The van der Waals surface area contributed by atoms with Crippen LogP contribution in [-0.4, -0.2) is 33.9 Å². The molecule has 0 spiro atoms. The summed E-state index contributed by atoms with van der Waals surface area (Å²) in [5.41, 5.74) is 8.86. The number of halogens is 1. The average molecular weight is 375 g/mol. The van der Waals surface area contributed by atoms with E-state index >= 15 is 0 Å². The molecule has 0 unspecified atom stereocenters. The number of aromatic nitrogens is 2. The molecule has 0 fully saturated rings. The Labute approximate surface area is 155 Å². The number of ether oxygens (including phenoxy) is 1. The number of aromatic hydroxyl groups is 1. The smallest absolute Gasteiger partial charge is 0.147 e. The maximum absolute atomic E-state index is 9.51. The molecule has 0 saturated carbocycles. The van der Waals surface area contributed by atoms with E-state index in [1.165, 1.54) is 13.4 Å². The molecule has 0 atom stereocenters. The number of phenols is 1. The fourth-order valence-electron chi connectivity index (χ4n) is 2.85. The van der Waals surface area contributed by atoms with Gasteiger partial charge in [0.2, 0.25) is 0 Å². The lowest BCUT2D eigenvalue weighted by Gasteiger charge is -2.15. The van der Waals surface area contributed by atoms with Crippen molar-refractivity contribution in [3.63, 3.8) is 0 Å². The van der Waals surface area contributed by atoms with Gasteiger partial charge in [0, 0.05) is 30.5 Å². The van der Waals surface area contributed by atoms with Crippen LogP contribution in [0.2, 0.25) is 5.02 Å². The Kier molecular flexibility index (Phi) is 5.29. The number of hydrogen-bond donors (Lipinski definition) is 4. The highest BCUT2D eigenvalue weighted by atomic mass is 35.5. The summed E-state index contributed by atoms with van der Waals surface area (Å²) in [5, 5.41) is 23.1. The summed E-state index contributed by atoms with van der Waals surface area (Å²) < 4.78 is 5.38. The molecule has 0 amide bonds. The lowest BCUT2D eigenvalue weighted by atomic mass is 10.0. The van der Waals surface area contributed by atoms with Crippen molar-refractivity contribution in [2.75, 3.05) is 24.8 Å². The Morgan fingerprint density at radius 2 is 2.08 bits per heavy atom. The average Bonchev–Trinajstić information content (AvgIpc) is 2.63. The summed E-state index contributed by atoms with van der Waals surface area (Å²) >= 11 is 5.94. The van der Waals surface area contributed by atoms with E-state index in [2.05, 4.69) is 15.3 Å². The standard InChI is InChI=1S/C18H19ClN4O3/c1-26-17-11(4-5-24)16-12(7-14(17)20)18(23-9-22-16)21-8-10-2-3-15(25)13(19)6-10/h2-3,6-7,9,24-25H,4-5,8,20H2,1H3,(H,21,22,23). The minimum atomic E-state index is -0.0479. The molecular formula is C18H19ClN4O3. The minimum Gasteiger partial charge on any atom is -0.506 e. The maximum atomic E-state index is 9.51. The van der Waals surface area contributed by atoms with Crippen molar-refractivity contribution < 1.29 is 14.9 Å². The number of aliphatic hydroxyl groups excluding tert-OH is 1. The summed E-state index contributed by atoms with van der Waals surface area (Å²) in [6.45, 7) is 0.404. The van der Waals surface area contributed by atoms with E-state index in [0.29, 0.717) is 35.7 Å². The van der Waals surface area contributed by atoms with Crippen LogP contribution in [0.15, 0.2) is 30.6 Å². The number of aliphatic hydroxyl groups is 1. The Balaban J connectivity index is 1.99. The molecule has 0 aliphatic carbocycles. The SMILES string of the molecule is COc1c(N)cc2c(NCc3ccc(O)c(Cl)c3)ncnc2c1CCO. The van der Waals surface area contributed by atoms with Crippen LogP contribution in [-0.2, 0) is 13.0 Å². The van der Waals surface area contributed by atoms with Crippen LogP contribution in [0.5, 0.6) is 11.5 Å². The molecule has 8 heteroatoms. The lowest BCUT2D eigenvalue weighted by Crippen LogP contribution is -2.06. The fourth-order valence-corrected chi connectivity index (χ4v) is 3.05. The van der Waals surface area contributed by atoms with Gasteiger partial charge >= 0.3 is 0 Å². The van der Waals surface area contributed by atoms with Gasteiger partial charge in [-0.05, 0) is 23.8 Å². The predicted octanol–water partition coefficient (Wildman–Crippen LogP) is 2.73. The quantitative estimate of drug-likeness (QED) is 0.490. The highest BCUT2D eigenvalue weighted by Crippen LogP contribution is 2.35. The Morgan fingerprint density at radius 1 is 1.27 bits per heavy atom. The summed E-state index contributed by atoms with van der Waals surface area (Å²) in [6, 6.07) is 6.74. The van der Waals surface area contributed by atoms with Gasteiger partial charge in [0.15, 0.2) is 0 Å². The number of hydrogen-bond acceptors (Lipinski definition) is 7. The first-order valence-corrected chi connectivity index (χ1v) is 8.35. The van der Waals surface area contributed by atoms with Crippen molar-refractivity contribution in [2.24, 2.45) is 0 Å². The number of nitrogens with one attached hydrogen (secondary N) is 1. The molecule has 0 aliphatic heterocycles. The molecule has 136 valence electrons. The van der Waals surface area contributed by atoms with Crippen LogP contribution in [0.25, 0.3) is 10.9 Å². The first-order chi connectivity index (χ1) is 12.5. The Bertz CT molecular complexity index is 949. The highest BCUT2D eigenvalue weighted by molar-refractivity contribution is 6.32. The molecule has 7 nitrogen and oxygen atoms in total. The molecule has 1 heterocycles. The van der Waals surface area contributed by atoms with Gasteiger partial charge in [0.25, 0.3) is 0 Å². The lowest BCUT2D eigenvalue weighted by molar-refractivity contribution is 0.297. The van der Waals surface area contributed by atoms with Crippen molar-refractivity contribution in [3.05, 3.63) is 46.7 Å². The van der Waals surface area contributed by atoms with Gasteiger partial charge in [-0.1, -0.05) is 17.7 Å². The van der Waals surface area contributed by atoms with Crippen molar-refractivity contribution >= 4 is 34.0 Å². The van der Waals surface area contributed by atoms with Crippen molar-refractivity contribution in [1.29, 1.82) is 0 Å². The number of phenolic OH excluding ortho intramolecular Hbond substituents is 1. The number of nitrogen functional groups attached to an aromatic ring is 1. The van der Waals surface area contributed by atoms with Crippen LogP contribution in [0, 0.1) is 0 Å². The first-order valence-electron chi connectivity index (χ1n) is 7.97. The zero-order chi connectivity index (χ0) is 18.7. The predicted molar refractivity (Wildman–Crippen MR) is 102 cm³/mol. The van der Waals surface area contributed by atoms with E-state index in [1.54, 1.807) is 24.3 Å². The van der Waals surface area contributed by atoms with E-state index in [-0.39, 0.29) is 17.4 Å². The van der Waals surface area contributed by atoms with Gasteiger partial charge in [0.05, 0.1) is 23.3 Å². The number of fused-ring (bicyclic) bond motifs is 1. The molecule has 0 aliphatic rings. The molecule has 3 rings (SSSR count). The zero-order valence-electron chi connectivity index (χ0n) is 14.2.